The average molecular weight is 466 g/mol. The van der Waals surface area contributed by atoms with Crippen molar-refractivity contribution in [2.45, 2.75) is 13.3 Å². The lowest BCUT2D eigenvalue weighted by atomic mass is 10.0. The molecule has 3 aromatic carbocycles. The molecule has 0 spiro atoms. The van der Waals surface area contributed by atoms with E-state index in [4.69, 9.17) is 11.6 Å². The normalized spacial score (nSPS) is 11.0. The predicted octanol–water partition coefficient (Wildman–Crippen LogP) is 6.55. The molecule has 0 aliphatic rings. The molecular formula is C24H18BrClN2O. The van der Waals surface area contributed by atoms with Gasteiger partial charge in [-0.2, -0.15) is 5.26 Å². The van der Waals surface area contributed by atoms with E-state index in [1.807, 2.05) is 61.5 Å². The van der Waals surface area contributed by atoms with Crippen molar-refractivity contribution in [2.24, 2.45) is 0 Å². The Morgan fingerprint density at radius 2 is 1.83 bits per heavy atom. The van der Waals surface area contributed by atoms with Gasteiger partial charge in [-0.05, 0) is 54.0 Å². The molecule has 3 rings (SSSR count). The second-order valence-electron chi connectivity index (χ2n) is 6.61. The lowest BCUT2D eigenvalue weighted by Gasteiger charge is -2.08. The van der Waals surface area contributed by atoms with Crippen molar-refractivity contribution < 1.29 is 4.79 Å². The van der Waals surface area contributed by atoms with Crippen LogP contribution in [0, 0.1) is 18.3 Å². The van der Waals surface area contributed by atoms with Crippen molar-refractivity contribution in [1.82, 2.24) is 0 Å². The number of nitrogens with one attached hydrogen (secondary N) is 1. The lowest BCUT2D eigenvalue weighted by molar-refractivity contribution is -0.112. The molecule has 0 aromatic heterocycles. The number of hydrogen-bond donors (Lipinski definition) is 1. The highest BCUT2D eigenvalue weighted by atomic mass is 79.9. The summed E-state index contributed by atoms with van der Waals surface area (Å²) >= 11 is 10.0. The maximum absolute atomic E-state index is 12.4. The molecule has 0 saturated carbocycles. The van der Waals surface area contributed by atoms with Gasteiger partial charge in [-0.25, -0.2) is 0 Å². The number of rotatable bonds is 5. The maximum Gasteiger partial charge on any atom is 0.266 e. The van der Waals surface area contributed by atoms with Crippen LogP contribution in [0.1, 0.15) is 22.3 Å². The van der Waals surface area contributed by atoms with Crippen LogP contribution in [0.2, 0.25) is 5.02 Å². The highest BCUT2D eigenvalue weighted by Crippen LogP contribution is 2.25. The second-order valence-corrected chi connectivity index (χ2v) is 7.87. The zero-order valence-corrected chi connectivity index (χ0v) is 18.1. The third-order valence-electron chi connectivity index (χ3n) is 4.40. The van der Waals surface area contributed by atoms with Crippen LogP contribution in [0.15, 0.2) is 76.8 Å². The molecule has 1 amide bonds. The van der Waals surface area contributed by atoms with Crippen molar-refractivity contribution in [2.75, 3.05) is 5.32 Å². The molecule has 0 radical (unpaired) electrons. The third kappa shape index (κ3) is 5.57. The average Bonchev–Trinajstić information content (AvgIpc) is 2.71. The van der Waals surface area contributed by atoms with Gasteiger partial charge < -0.3 is 5.32 Å². The van der Waals surface area contributed by atoms with Gasteiger partial charge >= 0.3 is 0 Å². The number of carbonyl (C=O) groups excluding carboxylic acids is 1. The van der Waals surface area contributed by atoms with Gasteiger partial charge in [-0.3, -0.25) is 4.79 Å². The van der Waals surface area contributed by atoms with Crippen molar-refractivity contribution in [1.29, 1.82) is 5.26 Å². The molecule has 29 heavy (non-hydrogen) atoms. The van der Waals surface area contributed by atoms with E-state index >= 15 is 0 Å². The van der Waals surface area contributed by atoms with Gasteiger partial charge in [-0.1, -0.05) is 75.6 Å². The summed E-state index contributed by atoms with van der Waals surface area (Å²) in [6, 6.07) is 22.9. The van der Waals surface area contributed by atoms with Gasteiger partial charge in [0.15, 0.2) is 0 Å². The first-order chi connectivity index (χ1) is 14.0. The monoisotopic (exact) mass is 464 g/mol. The fraction of sp³-hybridized carbons (Fsp3) is 0.0833. The van der Waals surface area contributed by atoms with E-state index in [0.29, 0.717) is 22.7 Å². The summed E-state index contributed by atoms with van der Waals surface area (Å²) in [5, 5.41) is 12.7. The summed E-state index contributed by atoms with van der Waals surface area (Å²) in [6.45, 7) is 1.97. The van der Waals surface area contributed by atoms with Crippen LogP contribution in [-0.2, 0) is 11.2 Å². The molecular weight excluding hydrogens is 448 g/mol. The largest absolute Gasteiger partial charge is 0.321 e. The number of aryl methyl sites for hydroxylation is 1. The molecule has 0 fully saturated rings. The minimum absolute atomic E-state index is 0.0141. The molecule has 0 heterocycles. The fourth-order valence-corrected chi connectivity index (χ4v) is 3.47. The van der Waals surface area contributed by atoms with E-state index in [9.17, 15) is 10.1 Å². The first-order valence-corrected chi connectivity index (χ1v) is 10.1. The number of nitriles is 1. The zero-order chi connectivity index (χ0) is 20.8. The Kier molecular flexibility index (Phi) is 6.87. The topological polar surface area (TPSA) is 52.9 Å². The van der Waals surface area contributed by atoms with Crippen LogP contribution in [0.25, 0.3) is 6.08 Å². The lowest BCUT2D eigenvalue weighted by Crippen LogP contribution is -2.13. The summed E-state index contributed by atoms with van der Waals surface area (Å²) in [6.07, 6.45) is 2.22. The number of amides is 1. The number of benzene rings is 3. The second kappa shape index (κ2) is 9.56. The van der Waals surface area contributed by atoms with E-state index in [1.54, 1.807) is 18.2 Å². The Morgan fingerprint density at radius 3 is 2.48 bits per heavy atom. The molecule has 0 atom stereocenters. The Labute approximate surface area is 183 Å². The molecule has 0 aliphatic carbocycles. The molecule has 3 nitrogen and oxygen atoms in total. The summed E-state index contributed by atoms with van der Waals surface area (Å²) < 4.78 is 1.03. The van der Waals surface area contributed by atoms with Gasteiger partial charge in [0.1, 0.15) is 11.6 Å². The predicted molar refractivity (Wildman–Crippen MR) is 122 cm³/mol. The number of halogens is 2. The number of hydrogen-bond acceptors (Lipinski definition) is 2. The van der Waals surface area contributed by atoms with Gasteiger partial charge in [0.05, 0.1) is 0 Å². The molecule has 3 aromatic rings. The molecule has 0 aliphatic heterocycles. The van der Waals surface area contributed by atoms with Gasteiger partial charge in [0.25, 0.3) is 5.91 Å². The van der Waals surface area contributed by atoms with Crippen LogP contribution in [0.5, 0.6) is 0 Å². The standard InChI is InChI=1S/C24H18BrClN2O/c1-16-6-10-21(11-7-16)28-24(29)20(15-27)12-17-8-9-19(23(26)13-17)14-18-4-2-3-5-22(18)25/h2-13H,14H2,1H3,(H,28,29)/b20-12+. The molecule has 0 bridgehead atoms. The number of anilines is 1. The summed E-state index contributed by atoms with van der Waals surface area (Å²) in [5.74, 6) is -0.454. The van der Waals surface area contributed by atoms with Crippen molar-refractivity contribution in [3.63, 3.8) is 0 Å². The number of nitrogens with zero attached hydrogens (tertiary/aromatic N) is 1. The SMILES string of the molecule is Cc1ccc(NC(=O)/C(C#N)=C/c2ccc(Cc3ccccc3Br)c(Cl)c2)cc1. The van der Waals surface area contributed by atoms with Crippen LogP contribution >= 0.6 is 27.5 Å². The highest BCUT2D eigenvalue weighted by molar-refractivity contribution is 9.10. The Hall–Kier alpha value is -2.87. The van der Waals surface area contributed by atoms with Gasteiger partial charge in [0, 0.05) is 21.6 Å². The summed E-state index contributed by atoms with van der Waals surface area (Å²) in [5.41, 5.74) is 4.55. The third-order valence-corrected chi connectivity index (χ3v) is 5.53. The first kappa shape index (κ1) is 20.9. The molecule has 144 valence electrons. The fourth-order valence-electron chi connectivity index (χ4n) is 2.79. The first-order valence-electron chi connectivity index (χ1n) is 8.98. The van der Waals surface area contributed by atoms with Crippen molar-refractivity contribution in [3.8, 4) is 6.07 Å². The van der Waals surface area contributed by atoms with E-state index in [-0.39, 0.29) is 5.57 Å². The van der Waals surface area contributed by atoms with Crippen molar-refractivity contribution in [3.05, 3.63) is 104 Å². The molecule has 1 N–H and O–H groups in total. The van der Waals surface area contributed by atoms with E-state index in [0.717, 1.165) is 21.2 Å². The van der Waals surface area contributed by atoms with Crippen LogP contribution in [0.4, 0.5) is 5.69 Å². The smallest absolute Gasteiger partial charge is 0.266 e. The zero-order valence-electron chi connectivity index (χ0n) is 15.7. The Balaban J connectivity index is 1.78. The Morgan fingerprint density at radius 1 is 1.10 bits per heavy atom. The van der Waals surface area contributed by atoms with Gasteiger partial charge in [0.2, 0.25) is 0 Å². The van der Waals surface area contributed by atoms with Crippen LogP contribution in [-0.4, -0.2) is 5.91 Å². The number of carbonyl (C=O) groups is 1. The van der Waals surface area contributed by atoms with E-state index < -0.39 is 5.91 Å². The maximum atomic E-state index is 12.4. The van der Waals surface area contributed by atoms with Crippen molar-refractivity contribution >= 4 is 45.2 Å². The molecule has 5 heteroatoms. The Bertz CT molecular complexity index is 1110. The summed E-state index contributed by atoms with van der Waals surface area (Å²) in [7, 11) is 0. The quantitative estimate of drug-likeness (QED) is 0.343. The van der Waals surface area contributed by atoms with E-state index in [1.165, 1.54) is 6.08 Å². The summed E-state index contributed by atoms with van der Waals surface area (Å²) in [4.78, 5) is 12.4. The van der Waals surface area contributed by atoms with E-state index in [2.05, 4.69) is 21.2 Å². The van der Waals surface area contributed by atoms with Crippen LogP contribution < -0.4 is 5.32 Å². The van der Waals surface area contributed by atoms with Crippen LogP contribution in [0.3, 0.4) is 0 Å². The van der Waals surface area contributed by atoms with Gasteiger partial charge in [-0.15, -0.1) is 0 Å². The highest BCUT2D eigenvalue weighted by Gasteiger charge is 2.11. The minimum atomic E-state index is -0.454. The molecule has 0 saturated heterocycles. The minimum Gasteiger partial charge on any atom is -0.321 e. The molecule has 0 unspecified atom stereocenters.